The number of rotatable bonds is 7. The average molecular weight is 476 g/mol. The zero-order valence-corrected chi connectivity index (χ0v) is 17.4. The molecule has 7 heteroatoms. The molecular formula is C22H16BrClO5. The smallest absolute Gasteiger partial charge is 0.347 e. The van der Waals surface area contributed by atoms with Crippen LogP contribution in [0.4, 0.5) is 0 Å². The summed E-state index contributed by atoms with van der Waals surface area (Å²) in [5, 5.41) is 9.55. The number of esters is 1. The lowest BCUT2D eigenvalue weighted by molar-refractivity contribution is 0.0680. The molecule has 0 aliphatic heterocycles. The van der Waals surface area contributed by atoms with Crippen LogP contribution in [0.25, 0.3) is 0 Å². The van der Waals surface area contributed by atoms with Crippen LogP contribution in [0.2, 0.25) is 5.02 Å². The number of ether oxygens (including phenoxy) is 2. The Morgan fingerprint density at radius 3 is 2.38 bits per heavy atom. The molecule has 0 radical (unpaired) electrons. The van der Waals surface area contributed by atoms with E-state index >= 15 is 0 Å². The van der Waals surface area contributed by atoms with Gasteiger partial charge in [-0.15, -0.1) is 0 Å². The first-order valence-electron chi connectivity index (χ1n) is 8.65. The van der Waals surface area contributed by atoms with Crippen LogP contribution in [0, 0.1) is 0 Å². The zero-order valence-electron chi connectivity index (χ0n) is 15.1. The molecule has 0 heterocycles. The van der Waals surface area contributed by atoms with E-state index in [1.165, 1.54) is 18.2 Å². The normalized spacial score (nSPS) is 10.4. The molecule has 1 N–H and O–H groups in total. The summed E-state index contributed by atoms with van der Waals surface area (Å²) >= 11 is 9.17. The molecule has 0 fully saturated rings. The number of aromatic carboxylic acids is 1. The van der Waals surface area contributed by atoms with Gasteiger partial charge in [-0.05, 0) is 42.0 Å². The molecule has 0 bridgehead atoms. The maximum Gasteiger partial charge on any atom is 0.347 e. The molecule has 0 aromatic heterocycles. The van der Waals surface area contributed by atoms with Gasteiger partial charge in [0, 0.05) is 15.9 Å². The van der Waals surface area contributed by atoms with E-state index in [1.54, 1.807) is 18.2 Å². The number of halogens is 2. The van der Waals surface area contributed by atoms with Crippen molar-refractivity contribution < 1.29 is 24.2 Å². The molecule has 3 aromatic rings. The first-order valence-corrected chi connectivity index (χ1v) is 9.82. The number of hydrogen-bond donors (Lipinski definition) is 1. The van der Waals surface area contributed by atoms with E-state index in [0.29, 0.717) is 23.2 Å². The highest BCUT2D eigenvalue weighted by molar-refractivity contribution is 9.10. The number of carboxylic acid groups (broad SMARTS) is 1. The molecule has 0 atom stereocenters. The number of benzene rings is 3. The SMILES string of the molecule is O=C(O)c1cc(Cl)ccc1OC(=O)c1cc(Br)ccc1OCCc1ccccc1. The second kappa shape index (κ2) is 9.58. The van der Waals surface area contributed by atoms with E-state index in [9.17, 15) is 14.7 Å². The van der Waals surface area contributed by atoms with Crippen molar-refractivity contribution in [3.8, 4) is 11.5 Å². The molecule has 29 heavy (non-hydrogen) atoms. The number of carbonyl (C=O) groups excluding carboxylic acids is 1. The molecule has 0 unspecified atom stereocenters. The van der Waals surface area contributed by atoms with Gasteiger partial charge in [0.1, 0.15) is 22.6 Å². The Labute approximate surface area is 181 Å². The molecule has 3 rings (SSSR count). The largest absolute Gasteiger partial charge is 0.492 e. The van der Waals surface area contributed by atoms with E-state index in [2.05, 4.69) is 15.9 Å². The standard InChI is InChI=1S/C22H16BrClO5/c23-15-6-8-19(28-11-10-14-4-2-1-3-5-14)18(12-15)22(27)29-20-9-7-16(24)13-17(20)21(25)26/h1-9,12-13H,10-11H2,(H,25,26). The monoisotopic (exact) mass is 474 g/mol. The molecule has 5 nitrogen and oxygen atoms in total. The van der Waals surface area contributed by atoms with Gasteiger partial charge in [0.25, 0.3) is 0 Å². The van der Waals surface area contributed by atoms with Gasteiger partial charge in [-0.2, -0.15) is 0 Å². The van der Waals surface area contributed by atoms with Gasteiger partial charge in [0.05, 0.1) is 6.61 Å². The lowest BCUT2D eigenvalue weighted by Crippen LogP contribution is -2.14. The Balaban J connectivity index is 1.78. The van der Waals surface area contributed by atoms with Gasteiger partial charge in [0.15, 0.2) is 0 Å². The molecule has 0 aliphatic carbocycles. The highest BCUT2D eigenvalue weighted by Crippen LogP contribution is 2.28. The van der Waals surface area contributed by atoms with E-state index < -0.39 is 11.9 Å². The van der Waals surface area contributed by atoms with Gasteiger partial charge >= 0.3 is 11.9 Å². The molecule has 148 valence electrons. The van der Waals surface area contributed by atoms with Gasteiger partial charge in [-0.3, -0.25) is 0 Å². The van der Waals surface area contributed by atoms with Gasteiger partial charge in [-0.25, -0.2) is 9.59 Å². The molecule has 0 amide bonds. The van der Waals surface area contributed by atoms with E-state index in [1.807, 2.05) is 30.3 Å². The first-order chi connectivity index (χ1) is 13.9. The van der Waals surface area contributed by atoms with Crippen LogP contribution in [0.15, 0.2) is 71.2 Å². The molecule has 0 aliphatic rings. The summed E-state index contributed by atoms with van der Waals surface area (Å²) in [7, 11) is 0. The van der Waals surface area contributed by atoms with Crippen molar-refractivity contribution in [2.45, 2.75) is 6.42 Å². The maximum absolute atomic E-state index is 12.7. The average Bonchev–Trinajstić information content (AvgIpc) is 2.71. The zero-order chi connectivity index (χ0) is 20.8. The third-order valence-electron chi connectivity index (χ3n) is 4.03. The fourth-order valence-electron chi connectivity index (χ4n) is 2.62. The van der Waals surface area contributed by atoms with Crippen LogP contribution in [0.1, 0.15) is 26.3 Å². The van der Waals surface area contributed by atoms with Crippen LogP contribution in [0.3, 0.4) is 0 Å². The minimum atomic E-state index is -1.25. The lowest BCUT2D eigenvalue weighted by atomic mass is 10.1. The van der Waals surface area contributed by atoms with Crippen molar-refractivity contribution in [1.82, 2.24) is 0 Å². The van der Waals surface area contributed by atoms with Crippen molar-refractivity contribution >= 4 is 39.5 Å². The van der Waals surface area contributed by atoms with Crippen LogP contribution in [-0.4, -0.2) is 23.7 Å². The highest BCUT2D eigenvalue weighted by Gasteiger charge is 2.20. The summed E-state index contributed by atoms with van der Waals surface area (Å²) in [5.41, 5.74) is 1.09. The molecular weight excluding hydrogens is 460 g/mol. The van der Waals surface area contributed by atoms with Crippen molar-refractivity contribution in [3.63, 3.8) is 0 Å². The molecule has 0 saturated carbocycles. The Hall–Kier alpha value is -2.83. The molecule has 0 spiro atoms. The third-order valence-corrected chi connectivity index (χ3v) is 4.76. The van der Waals surface area contributed by atoms with Gasteiger partial charge < -0.3 is 14.6 Å². The lowest BCUT2D eigenvalue weighted by Gasteiger charge is -2.13. The van der Waals surface area contributed by atoms with Gasteiger partial charge in [-0.1, -0.05) is 57.9 Å². The second-order valence-corrected chi connectivity index (χ2v) is 7.41. The van der Waals surface area contributed by atoms with Crippen LogP contribution in [-0.2, 0) is 6.42 Å². The minimum Gasteiger partial charge on any atom is -0.492 e. The van der Waals surface area contributed by atoms with Crippen molar-refractivity contribution in [3.05, 3.63) is 92.9 Å². The first kappa shape index (κ1) is 20.9. The predicted molar refractivity (Wildman–Crippen MR) is 113 cm³/mol. The van der Waals surface area contributed by atoms with E-state index in [4.69, 9.17) is 21.1 Å². The molecule has 3 aromatic carbocycles. The Bertz CT molecular complexity index is 1040. The van der Waals surface area contributed by atoms with Crippen LogP contribution in [0.5, 0.6) is 11.5 Å². The third kappa shape index (κ3) is 5.59. The van der Waals surface area contributed by atoms with E-state index in [-0.39, 0.29) is 21.9 Å². The van der Waals surface area contributed by atoms with Crippen LogP contribution >= 0.6 is 27.5 Å². The van der Waals surface area contributed by atoms with Crippen molar-refractivity contribution in [1.29, 1.82) is 0 Å². The van der Waals surface area contributed by atoms with E-state index in [0.717, 1.165) is 5.56 Å². The summed E-state index contributed by atoms with van der Waals surface area (Å²) in [6.45, 7) is 0.368. The fourth-order valence-corrected chi connectivity index (χ4v) is 3.16. The number of hydrogen-bond acceptors (Lipinski definition) is 4. The topological polar surface area (TPSA) is 72.8 Å². The minimum absolute atomic E-state index is 0.0953. The number of carboxylic acids is 1. The molecule has 0 saturated heterocycles. The summed E-state index contributed by atoms with van der Waals surface area (Å²) in [4.78, 5) is 24.1. The summed E-state index contributed by atoms with van der Waals surface area (Å²) < 4.78 is 11.8. The second-order valence-electron chi connectivity index (χ2n) is 6.06. The summed E-state index contributed by atoms with van der Waals surface area (Å²) in [6, 6.07) is 18.8. The van der Waals surface area contributed by atoms with Crippen molar-refractivity contribution in [2.75, 3.05) is 6.61 Å². The highest BCUT2D eigenvalue weighted by atomic mass is 79.9. The van der Waals surface area contributed by atoms with Crippen LogP contribution < -0.4 is 9.47 Å². The van der Waals surface area contributed by atoms with Crippen molar-refractivity contribution in [2.24, 2.45) is 0 Å². The number of carbonyl (C=O) groups is 2. The fraction of sp³-hybridized carbons (Fsp3) is 0.0909. The Morgan fingerprint density at radius 2 is 1.66 bits per heavy atom. The van der Waals surface area contributed by atoms with Gasteiger partial charge in [0.2, 0.25) is 0 Å². The maximum atomic E-state index is 12.7. The summed E-state index contributed by atoms with van der Waals surface area (Å²) in [5.74, 6) is -1.73. The predicted octanol–water partition coefficient (Wildman–Crippen LogP) is 5.64. The Kier molecular flexibility index (Phi) is 6.90. The Morgan fingerprint density at radius 1 is 0.931 bits per heavy atom. The summed E-state index contributed by atoms with van der Waals surface area (Å²) in [6.07, 6.45) is 0.672. The quantitative estimate of drug-likeness (QED) is 0.353.